The third-order valence-electron chi connectivity index (χ3n) is 3.63. The van der Waals surface area contributed by atoms with E-state index in [9.17, 15) is 0 Å². The molecule has 0 saturated carbocycles. The van der Waals surface area contributed by atoms with Crippen LogP contribution in [0, 0.1) is 0 Å². The van der Waals surface area contributed by atoms with E-state index in [1.165, 1.54) is 0 Å². The monoisotopic (exact) mass is 361 g/mol. The van der Waals surface area contributed by atoms with Gasteiger partial charge in [-0.15, -0.1) is 23.7 Å². The van der Waals surface area contributed by atoms with Gasteiger partial charge >= 0.3 is 0 Å². The van der Waals surface area contributed by atoms with Crippen LogP contribution in [0.3, 0.4) is 0 Å². The average Bonchev–Trinajstić information content (AvgIpc) is 3.14. The van der Waals surface area contributed by atoms with Gasteiger partial charge in [-0.25, -0.2) is 0 Å². The Bertz CT molecular complexity index is 747. The predicted molar refractivity (Wildman–Crippen MR) is 101 cm³/mol. The maximum atomic E-state index is 6.31. The van der Waals surface area contributed by atoms with Crippen molar-refractivity contribution in [2.24, 2.45) is 5.73 Å². The summed E-state index contributed by atoms with van der Waals surface area (Å²) in [5, 5.41) is 2.03. The smallest absolute Gasteiger partial charge is 0.161 e. The van der Waals surface area contributed by atoms with E-state index < -0.39 is 0 Å². The normalized spacial score (nSPS) is 11.4. The van der Waals surface area contributed by atoms with Crippen LogP contribution in [-0.4, -0.2) is 7.11 Å². The van der Waals surface area contributed by atoms with Gasteiger partial charge in [0.25, 0.3) is 0 Å². The van der Waals surface area contributed by atoms with Crippen molar-refractivity contribution < 1.29 is 9.47 Å². The quantitative estimate of drug-likeness (QED) is 0.685. The van der Waals surface area contributed by atoms with Gasteiger partial charge in [-0.2, -0.15) is 0 Å². The Hall–Kier alpha value is -2.01. The van der Waals surface area contributed by atoms with Crippen LogP contribution in [0.1, 0.15) is 22.0 Å². The Labute approximate surface area is 152 Å². The van der Waals surface area contributed by atoms with Gasteiger partial charge in [0.15, 0.2) is 11.5 Å². The summed E-state index contributed by atoms with van der Waals surface area (Å²) in [6, 6.07) is 19.8. The molecule has 0 spiro atoms. The molecule has 1 aromatic heterocycles. The Morgan fingerprint density at radius 1 is 1.00 bits per heavy atom. The molecule has 0 bridgehead atoms. The predicted octanol–water partition coefficient (Wildman–Crippen LogP) is 4.81. The summed E-state index contributed by atoms with van der Waals surface area (Å²) in [7, 11) is 1.64. The van der Waals surface area contributed by atoms with Gasteiger partial charge in [0.1, 0.15) is 6.61 Å². The standard InChI is InChI=1S/C19H19NO2S.ClH/c1-21-17-12-15(19(20)18-8-5-11-23-18)9-10-16(17)22-13-14-6-3-2-4-7-14;/h2-12,19H,13,20H2,1H3;1H/t19-;/m1./s1. The van der Waals surface area contributed by atoms with E-state index in [1.54, 1.807) is 18.4 Å². The van der Waals surface area contributed by atoms with Crippen molar-refractivity contribution in [2.45, 2.75) is 12.6 Å². The van der Waals surface area contributed by atoms with Crippen LogP contribution in [0.5, 0.6) is 11.5 Å². The number of rotatable bonds is 6. The Balaban J connectivity index is 0.00000208. The molecule has 0 amide bonds. The van der Waals surface area contributed by atoms with Crippen molar-refractivity contribution in [1.82, 2.24) is 0 Å². The van der Waals surface area contributed by atoms with Crippen LogP contribution in [-0.2, 0) is 6.61 Å². The maximum Gasteiger partial charge on any atom is 0.161 e. The molecule has 3 aromatic rings. The Morgan fingerprint density at radius 3 is 2.46 bits per heavy atom. The summed E-state index contributed by atoms with van der Waals surface area (Å²) < 4.78 is 11.3. The summed E-state index contributed by atoms with van der Waals surface area (Å²) in [6.45, 7) is 0.507. The van der Waals surface area contributed by atoms with Gasteiger partial charge in [-0.1, -0.05) is 42.5 Å². The Kier molecular flexibility index (Phi) is 6.67. The minimum atomic E-state index is -0.146. The van der Waals surface area contributed by atoms with Gasteiger partial charge in [-0.05, 0) is 34.7 Å². The van der Waals surface area contributed by atoms with Crippen LogP contribution in [0.4, 0.5) is 0 Å². The molecule has 1 atom stereocenters. The van der Waals surface area contributed by atoms with Crippen molar-refractivity contribution in [3.8, 4) is 11.5 Å². The number of thiophene rings is 1. The van der Waals surface area contributed by atoms with Crippen molar-refractivity contribution in [3.63, 3.8) is 0 Å². The third-order valence-corrected chi connectivity index (χ3v) is 4.59. The molecule has 3 rings (SSSR count). The van der Waals surface area contributed by atoms with Crippen LogP contribution in [0.25, 0.3) is 0 Å². The van der Waals surface area contributed by atoms with Crippen LogP contribution in [0.15, 0.2) is 66.0 Å². The second-order valence-electron chi connectivity index (χ2n) is 5.18. The van der Waals surface area contributed by atoms with Gasteiger partial charge < -0.3 is 15.2 Å². The lowest BCUT2D eigenvalue weighted by Gasteiger charge is -2.15. The molecule has 0 aliphatic heterocycles. The van der Waals surface area contributed by atoms with E-state index in [0.29, 0.717) is 12.4 Å². The van der Waals surface area contributed by atoms with Crippen molar-refractivity contribution in [2.75, 3.05) is 7.11 Å². The molecule has 5 heteroatoms. The molecule has 3 nitrogen and oxygen atoms in total. The average molecular weight is 362 g/mol. The molecule has 24 heavy (non-hydrogen) atoms. The van der Waals surface area contributed by atoms with E-state index in [4.69, 9.17) is 15.2 Å². The molecule has 0 unspecified atom stereocenters. The summed E-state index contributed by atoms with van der Waals surface area (Å²) in [4.78, 5) is 1.13. The maximum absolute atomic E-state index is 6.31. The second kappa shape index (κ2) is 8.73. The van der Waals surface area contributed by atoms with Crippen molar-refractivity contribution in [3.05, 3.63) is 82.0 Å². The number of benzene rings is 2. The molecular weight excluding hydrogens is 342 g/mol. The van der Waals surface area contributed by atoms with Gasteiger partial charge in [0.05, 0.1) is 13.2 Å². The van der Waals surface area contributed by atoms with Gasteiger partial charge in [-0.3, -0.25) is 0 Å². The Morgan fingerprint density at radius 2 is 1.79 bits per heavy atom. The summed E-state index contributed by atoms with van der Waals surface area (Å²) >= 11 is 1.65. The first-order chi connectivity index (χ1) is 11.3. The van der Waals surface area contributed by atoms with Crippen LogP contribution >= 0.6 is 23.7 Å². The highest BCUT2D eigenvalue weighted by Gasteiger charge is 2.13. The van der Waals surface area contributed by atoms with E-state index in [-0.39, 0.29) is 18.4 Å². The van der Waals surface area contributed by atoms with E-state index >= 15 is 0 Å². The molecule has 2 N–H and O–H groups in total. The molecule has 0 fully saturated rings. The third kappa shape index (κ3) is 4.29. The largest absolute Gasteiger partial charge is 0.493 e. The topological polar surface area (TPSA) is 44.5 Å². The minimum absolute atomic E-state index is 0. The van der Waals surface area contributed by atoms with Crippen LogP contribution in [0.2, 0.25) is 0 Å². The summed E-state index contributed by atoms with van der Waals surface area (Å²) in [6.07, 6.45) is 0. The van der Waals surface area contributed by atoms with E-state index in [2.05, 4.69) is 0 Å². The van der Waals surface area contributed by atoms with E-state index in [0.717, 1.165) is 21.8 Å². The number of hydrogen-bond donors (Lipinski definition) is 1. The molecule has 126 valence electrons. The second-order valence-corrected chi connectivity index (χ2v) is 6.16. The first-order valence-electron chi connectivity index (χ1n) is 7.41. The van der Waals surface area contributed by atoms with Crippen molar-refractivity contribution >= 4 is 23.7 Å². The molecule has 0 aliphatic carbocycles. The summed E-state index contributed by atoms with van der Waals surface area (Å²) in [5.74, 6) is 1.42. The molecule has 0 aliphatic rings. The van der Waals surface area contributed by atoms with Gasteiger partial charge in [0.2, 0.25) is 0 Å². The number of nitrogens with two attached hydrogens (primary N) is 1. The molecular formula is C19H20ClNO2S. The zero-order valence-electron chi connectivity index (χ0n) is 13.3. The van der Waals surface area contributed by atoms with Crippen LogP contribution < -0.4 is 15.2 Å². The highest BCUT2D eigenvalue weighted by atomic mass is 35.5. The van der Waals surface area contributed by atoms with Gasteiger partial charge in [0, 0.05) is 4.88 Å². The van der Waals surface area contributed by atoms with Crippen molar-refractivity contribution in [1.29, 1.82) is 0 Å². The minimum Gasteiger partial charge on any atom is -0.493 e. The number of hydrogen-bond acceptors (Lipinski definition) is 4. The molecule has 2 aromatic carbocycles. The molecule has 1 heterocycles. The lowest BCUT2D eigenvalue weighted by atomic mass is 10.1. The number of methoxy groups -OCH3 is 1. The zero-order chi connectivity index (χ0) is 16.1. The summed E-state index contributed by atoms with van der Waals surface area (Å²) in [5.41, 5.74) is 8.44. The number of halogens is 1. The van der Waals surface area contributed by atoms with E-state index in [1.807, 2.05) is 66.0 Å². The fraction of sp³-hybridized carbons (Fsp3) is 0.158. The first kappa shape index (κ1) is 18.3. The molecule has 0 radical (unpaired) electrons. The highest BCUT2D eigenvalue weighted by molar-refractivity contribution is 7.10. The first-order valence-corrected chi connectivity index (χ1v) is 8.29. The lowest BCUT2D eigenvalue weighted by Crippen LogP contribution is -2.10. The lowest BCUT2D eigenvalue weighted by molar-refractivity contribution is 0.284. The fourth-order valence-electron chi connectivity index (χ4n) is 2.36. The molecule has 0 saturated heterocycles. The SMILES string of the molecule is COc1cc([C@@H](N)c2cccs2)ccc1OCc1ccccc1.Cl. The zero-order valence-corrected chi connectivity index (χ0v) is 15.0. The fourth-order valence-corrected chi connectivity index (χ4v) is 3.12. The highest BCUT2D eigenvalue weighted by Crippen LogP contribution is 2.33. The number of ether oxygens (including phenoxy) is 2.